The molecule has 0 N–H and O–H groups in total. The van der Waals surface area contributed by atoms with Crippen LogP contribution in [-0.4, -0.2) is 35.4 Å². The van der Waals surface area contributed by atoms with Crippen LogP contribution in [0, 0.1) is 11.8 Å². The van der Waals surface area contributed by atoms with Gasteiger partial charge in [-0.2, -0.15) is 0 Å². The van der Waals surface area contributed by atoms with E-state index in [0.29, 0.717) is 5.92 Å². The molecule has 1 amide bonds. The monoisotopic (exact) mass is 297 g/mol. The van der Waals surface area contributed by atoms with Crippen molar-refractivity contribution in [3.8, 4) is 0 Å². The van der Waals surface area contributed by atoms with E-state index in [1.807, 2.05) is 29.2 Å². The fourth-order valence-corrected chi connectivity index (χ4v) is 3.66. The molecule has 5 nitrogen and oxygen atoms in total. The standard InChI is InChI=1S/C17H19N3O2/c21-17-16-12-19(11-15-4-2-8-22-15)10-13(16)5-7-20(17)14-3-1-6-18-9-14/h1-4,6,8-9,13,16H,5,7,10-12H2. The lowest BCUT2D eigenvalue weighted by Crippen LogP contribution is -2.45. The molecule has 0 radical (unpaired) electrons. The summed E-state index contributed by atoms with van der Waals surface area (Å²) in [5, 5.41) is 0. The first-order valence-electron chi connectivity index (χ1n) is 7.77. The fraction of sp³-hybridized carbons (Fsp3) is 0.412. The minimum absolute atomic E-state index is 0.101. The van der Waals surface area contributed by atoms with Crippen molar-refractivity contribution in [1.29, 1.82) is 0 Å². The van der Waals surface area contributed by atoms with E-state index in [4.69, 9.17) is 4.42 Å². The normalized spacial score (nSPS) is 25.5. The van der Waals surface area contributed by atoms with Crippen LogP contribution in [0.15, 0.2) is 47.3 Å². The molecular formula is C17H19N3O2. The average Bonchev–Trinajstić information content (AvgIpc) is 3.19. The lowest BCUT2D eigenvalue weighted by molar-refractivity contribution is -0.124. The third kappa shape index (κ3) is 2.41. The zero-order chi connectivity index (χ0) is 14.9. The van der Waals surface area contributed by atoms with E-state index >= 15 is 0 Å². The van der Waals surface area contributed by atoms with Crippen LogP contribution in [0.4, 0.5) is 5.69 Å². The first-order valence-corrected chi connectivity index (χ1v) is 7.77. The highest BCUT2D eigenvalue weighted by Gasteiger charge is 2.43. The van der Waals surface area contributed by atoms with Crippen molar-refractivity contribution < 1.29 is 9.21 Å². The van der Waals surface area contributed by atoms with Gasteiger partial charge < -0.3 is 9.32 Å². The van der Waals surface area contributed by atoms with E-state index in [1.54, 1.807) is 18.7 Å². The third-order valence-electron chi connectivity index (χ3n) is 4.74. The molecule has 2 aliphatic heterocycles. The van der Waals surface area contributed by atoms with Crippen LogP contribution in [-0.2, 0) is 11.3 Å². The zero-order valence-corrected chi connectivity index (χ0v) is 12.4. The van der Waals surface area contributed by atoms with Crippen LogP contribution in [0.25, 0.3) is 0 Å². The summed E-state index contributed by atoms with van der Waals surface area (Å²) in [6.45, 7) is 3.39. The van der Waals surface area contributed by atoms with E-state index in [-0.39, 0.29) is 11.8 Å². The summed E-state index contributed by atoms with van der Waals surface area (Å²) in [4.78, 5) is 21.2. The summed E-state index contributed by atoms with van der Waals surface area (Å²) in [7, 11) is 0. The number of hydrogen-bond acceptors (Lipinski definition) is 4. The second kappa shape index (κ2) is 5.57. The highest BCUT2D eigenvalue weighted by atomic mass is 16.3. The van der Waals surface area contributed by atoms with Crippen LogP contribution in [0.2, 0.25) is 0 Å². The Balaban J connectivity index is 1.47. The van der Waals surface area contributed by atoms with Gasteiger partial charge in [-0.3, -0.25) is 14.7 Å². The van der Waals surface area contributed by atoms with Gasteiger partial charge in [0.05, 0.1) is 30.6 Å². The molecule has 4 heterocycles. The van der Waals surface area contributed by atoms with Gasteiger partial charge in [-0.05, 0) is 36.6 Å². The van der Waals surface area contributed by atoms with Gasteiger partial charge in [-0.25, -0.2) is 0 Å². The number of rotatable bonds is 3. The highest BCUT2D eigenvalue weighted by molar-refractivity contribution is 5.96. The van der Waals surface area contributed by atoms with Crippen molar-refractivity contribution in [2.24, 2.45) is 11.8 Å². The van der Waals surface area contributed by atoms with Gasteiger partial charge in [-0.1, -0.05) is 0 Å². The number of fused-ring (bicyclic) bond motifs is 1. The Morgan fingerprint density at radius 3 is 3.00 bits per heavy atom. The van der Waals surface area contributed by atoms with Crippen molar-refractivity contribution in [3.63, 3.8) is 0 Å². The van der Waals surface area contributed by atoms with Crippen molar-refractivity contribution in [2.75, 3.05) is 24.5 Å². The molecule has 2 fully saturated rings. The molecule has 0 aromatic carbocycles. The Morgan fingerprint density at radius 1 is 1.27 bits per heavy atom. The van der Waals surface area contributed by atoms with Crippen molar-refractivity contribution in [1.82, 2.24) is 9.88 Å². The second-order valence-corrected chi connectivity index (χ2v) is 6.13. The minimum Gasteiger partial charge on any atom is -0.468 e. The molecule has 22 heavy (non-hydrogen) atoms. The maximum atomic E-state index is 12.8. The van der Waals surface area contributed by atoms with Crippen LogP contribution >= 0.6 is 0 Å². The molecule has 2 aromatic heterocycles. The molecule has 2 aliphatic rings. The van der Waals surface area contributed by atoms with E-state index in [2.05, 4.69) is 9.88 Å². The van der Waals surface area contributed by atoms with Gasteiger partial charge in [0, 0.05) is 25.8 Å². The predicted molar refractivity (Wildman–Crippen MR) is 82.2 cm³/mol. The molecular weight excluding hydrogens is 278 g/mol. The number of carbonyl (C=O) groups is 1. The van der Waals surface area contributed by atoms with Crippen LogP contribution in [0.3, 0.4) is 0 Å². The molecule has 2 aromatic rings. The maximum Gasteiger partial charge on any atom is 0.231 e. The largest absolute Gasteiger partial charge is 0.468 e. The predicted octanol–water partition coefficient (Wildman–Crippen LogP) is 2.16. The Kier molecular flexibility index (Phi) is 3.42. The Hall–Kier alpha value is -2.14. The number of nitrogens with zero attached hydrogens (tertiary/aromatic N) is 3. The first kappa shape index (κ1) is 13.5. The molecule has 0 bridgehead atoms. The number of amides is 1. The fourth-order valence-electron chi connectivity index (χ4n) is 3.66. The SMILES string of the molecule is O=C1C2CN(Cc3ccco3)CC2CCN1c1cccnc1. The van der Waals surface area contributed by atoms with Gasteiger partial charge in [0.15, 0.2) is 0 Å². The highest BCUT2D eigenvalue weighted by Crippen LogP contribution is 2.34. The summed E-state index contributed by atoms with van der Waals surface area (Å²) in [6, 6.07) is 7.74. The molecule has 114 valence electrons. The molecule has 2 saturated heterocycles. The van der Waals surface area contributed by atoms with E-state index in [1.165, 1.54) is 0 Å². The number of carbonyl (C=O) groups excluding carboxylic acids is 1. The molecule has 2 unspecified atom stereocenters. The van der Waals surface area contributed by atoms with Gasteiger partial charge >= 0.3 is 0 Å². The van der Waals surface area contributed by atoms with Gasteiger partial charge in [0.2, 0.25) is 5.91 Å². The van der Waals surface area contributed by atoms with Gasteiger partial charge in [-0.15, -0.1) is 0 Å². The zero-order valence-electron chi connectivity index (χ0n) is 12.4. The van der Waals surface area contributed by atoms with Crippen LogP contribution in [0.5, 0.6) is 0 Å². The number of furan rings is 1. The second-order valence-electron chi connectivity index (χ2n) is 6.13. The summed E-state index contributed by atoms with van der Waals surface area (Å²) in [6.07, 6.45) is 6.27. The quantitative estimate of drug-likeness (QED) is 0.871. The minimum atomic E-state index is 0.101. The summed E-state index contributed by atoms with van der Waals surface area (Å²) in [5.41, 5.74) is 0.912. The van der Waals surface area contributed by atoms with Crippen LogP contribution < -0.4 is 4.90 Å². The third-order valence-corrected chi connectivity index (χ3v) is 4.74. The van der Waals surface area contributed by atoms with E-state index < -0.39 is 0 Å². The van der Waals surface area contributed by atoms with Crippen molar-refractivity contribution >= 4 is 11.6 Å². The number of piperidine rings is 1. The number of hydrogen-bond donors (Lipinski definition) is 0. The molecule has 0 saturated carbocycles. The molecule has 2 atom stereocenters. The van der Waals surface area contributed by atoms with Gasteiger partial charge in [0.1, 0.15) is 5.76 Å². The average molecular weight is 297 g/mol. The molecule has 0 spiro atoms. The van der Waals surface area contributed by atoms with E-state index in [9.17, 15) is 4.79 Å². The molecule has 5 heteroatoms. The van der Waals surface area contributed by atoms with Gasteiger partial charge in [0.25, 0.3) is 0 Å². The summed E-state index contributed by atoms with van der Waals surface area (Å²) >= 11 is 0. The molecule has 0 aliphatic carbocycles. The Morgan fingerprint density at radius 2 is 2.23 bits per heavy atom. The number of aromatic nitrogens is 1. The lowest BCUT2D eigenvalue weighted by atomic mass is 9.88. The van der Waals surface area contributed by atoms with E-state index in [0.717, 1.165) is 44.0 Å². The number of likely N-dealkylation sites (tertiary alicyclic amines) is 1. The first-order chi connectivity index (χ1) is 10.8. The Labute approximate surface area is 129 Å². The van der Waals surface area contributed by atoms with Crippen molar-refractivity contribution in [3.05, 3.63) is 48.7 Å². The molecule has 4 rings (SSSR count). The topological polar surface area (TPSA) is 49.6 Å². The number of pyridine rings is 1. The summed E-state index contributed by atoms with van der Waals surface area (Å²) in [5.74, 6) is 1.78. The van der Waals surface area contributed by atoms with Crippen LogP contribution in [0.1, 0.15) is 12.2 Å². The summed E-state index contributed by atoms with van der Waals surface area (Å²) < 4.78 is 5.42. The Bertz CT molecular complexity index is 641. The smallest absolute Gasteiger partial charge is 0.231 e. The lowest BCUT2D eigenvalue weighted by Gasteiger charge is -2.33. The maximum absolute atomic E-state index is 12.8. The number of anilines is 1. The van der Waals surface area contributed by atoms with Crippen molar-refractivity contribution in [2.45, 2.75) is 13.0 Å².